The fourth-order valence-corrected chi connectivity index (χ4v) is 5.48. The van der Waals surface area contributed by atoms with E-state index in [2.05, 4.69) is 4.90 Å². The Kier molecular flexibility index (Phi) is 3.38. The summed E-state index contributed by atoms with van der Waals surface area (Å²) in [5.41, 5.74) is 0. The van der Waals surface area contributed by atoms with Gasteiger partial charge in [0.25, 0.3) is 0 Å². The first-order valence-corrected chi connectivity index (χ1v) is 8.65. The third kappa shape index (κ3) is 2.31. The zero-order chi connectivity index (χ0) is 12.8. The molecule has 3 fully saturated rings. The van der Waals surface area contributed by atoms with Crippen LogP contribution in [-0.2, 0) is 14.6 Å². The predicted molar refractivity (Wildman–Crippen MR) is 67.2 cm³/mol. The Morgan fingerprint density at radius 2 is 1.89 bits per heavy atom. The summed E-state index contributed by atoms with van der Waals surface area (Å²) in [6.07, 6.45) is 4.01. The van der Waals surface area contributed by atoms with Gasteiger partial charge in [0, 0.05) is 12.6 Å². The number of morpholine rings is 1. The summed E-state index contributed by atoms with van der Waals surface area (Å²) in [6, 6.07) is 0.0879. The third-order valence-corrected chi connectivity index (χ3v) is 6.19. The van der Waals surface area contributed by atoms with Crippen LogP contribution in [0.25, 0.3) is 0 Å². The van der Waals surface area contributed by atoms with Gasteiger partial charge in [0.05, 0.1) is 36.4 Å². The Morgan fingerprint density at radius 3 is 2.61 bits per heavy atom. The van der Waals surface area contributed by atoms with Crippen molar-refractivity contribution in [3.63, 3.8) is 0 Å². The average Bonchev–Trinajstić information content (AvgIpc) is 2.62. The molecular formula is C12H21NO4S. The van der Waals surface area contributed by atoms with E-state index in [0.29, 0.717) is 12.6 Å². The molecule has 1 aliphatic carbocycles. The maximum Gasteiger partial charge on any atom is 0.154 e. The van der Waals surface area contributed by atoms with Gasteiger partial charge < -0.3 is 9.84 Å². The Bertz CT molecular complexity index is 408. The van der Waals surface area contributed by atoms with Crippen molar-refractivity contribution in [1.82, 2.24) is 4.90 Å². The Balaban J connectivity index is 1.78. The molecule has 0 radical (unpaired) electrons. The first-order valence-electron chi connectivity index (χ1n) is 6.83. The van der Waals surface area contributed by atoms with Crippen molar-refractivity contribution in [2.75, 3.05) is 24.7 Å². The molecule has 6 heteroatoms. The fraction of sp³-hybridized carbons (Fsp3) is 1.00. The second kappa shape index (κ2) is 4.74. The molecule has 3 aliphatic rings. The van der Waals surface area contributed by atoms with Crippen LogP contribution in [0.15, 0.2) is 0 Å². The zero-order valence-electron chi connectivity index (χ0n) is 10.5. The molecule has 0 bridgehead atoms. The van der Waals surface area contributed by atoms with Crippen LogP contribution < -0.4 is 0 Å². The van der Waals surface area contributed by atoms with E-state index in [1.807, 2.05) is 0 Å². The van der Waals surface area contributed by atoms with Crippen molar-refractivity contribution in [3.05, 3.63) is 0 Å². The number of aliphatic hydroxyl groups excluding tert-OH is 1. The Hall–Kier alpha value is -0.170. The van der Waals surface area contributed by atoms with Crippen molar-refractivity contribution < 1.29 is 18.3 Å². The molecule has 0 aromatic heterocycles. The van der Waals surface area contributed by atoms with Crippen LogP contribution in [0.5, 0.6) is 0 Å². The highest BCUT2D eigenvalue weighted by atomic mass is 32.2. The molecule has 2 aliphatic heterocycles. The largest absolute Gasteiger partial charge is 0.390 e. The first-order chi connectivity index (χ1) is 8.57. The summed E-state index contributed by atoms with van der Waals surface area (Å²) in [4.78, 5) is 2.21. The SMILES string of the molecule is O=S1(=O)CC(O)C(N2CCOC3CCCCC32)C1. The van der Waals surface area contributed by atoms with Gasteiger partial charge >= 0.3 is 0 Å². The summed E-state index contributed by atoms with van der Waals surface area (Å²) in [6.45, 7) is 1.41. The molecular weight excluding hydrogens is 254 g/mol. The van der Waals surface area contributed by atoms with Crippen molar-refractivity contribution >= 4 is 9.84 Å². The minimum atomic E-state index is -3.06. The monoisotopic (exact) mass is 275 g/mol. The number of hydrogen-bond acceptors (Lipinski definition) is 5. The minimum absolute atomic E-state index is 0.0770. The van der Waals surface area contributed by atoms with E-state index in [-0.39, 0.29) is 23.7 Å². The number of rotatable bonds is 1. The summed E-state index contributed by atoms with van der Waals surface area (Å²) in [5, 5.41) is 10.0. The summed E-state index contributed by atoms with van der Waals surface area (Å²) in [7, 11) is -3.06. The van der Waals surface area contributed by atoms with Crippen molar-refractivity contribution in [2.45, 2.75) is 50.0 Å². The molecule has 104 valence electrons. The van der Waals surface area contributed by atoms with Gasteiger partial charge in [0.1, 0.15) is 0 Å². The van der Waals surface area contributed by atoms with E-state index >= 15 is 0 Å². The molecule has 4 unspecified atom stereocenters. The molecule has 3 rings (SSSR count). The van der Waals surface area contributed by atoms with Gasteiger partial charge in [-0.05, 0) is 12.8 Å². The maximum atomic E-state index is 11.6. The van der Waals surface area contributed by atoms with Gasteiger partial charge in [0.2, 0.25) is 0 Å². The summed E-state index contributed by atoms with van der Waals surface area (Å²) in [5.74, 6) is 0.0315. The minimum Gasteiger partial charge on any atom is -0.390 e. The van der Waals surface area contributed by atoms with E-state index in [9.17, 15) is 13.5 Å². The number of aliphatic hydroxyl groups is 1. The summed E-state index contributed by atoms with van der Waals surface area (Å²) < 4.78 is 29.1. The molecule has 0 aromatic carbocycles. The molecule has 1 saturated carbocycles. The molecule has 4 atom stereocenters. The highest BCUT2D eigenvalue weighted by Crippen LogP contribution is 2.32. The molecule has 1 N–H and O–H groups in total. The fourth-order valence-electron chi connectivity index (χ4n) is 3.67. The lowest BCUT2D eigenvalue weighted by molar-refractivity contribution is -0.111. The average molecular weight is 275 g/mol. The van der Waals surface area contributed by atoms with Gasteiger partial charge in [0.15, 0.2) is 9.84 Å². The highest BCUT2D eigenvalue weighted by Gasteiger charge is 2.45. The lowest BCUT2D eigenvalue weighted by Crippen LogP contribution is -2.59. The van der Waals surface area contributed by atoms with Crippen molar-refractivity contribution in [3.8, 4) is 0 Å². The topological polar surface area (TPSA) is 66.8 Å². The van der Waals surface area contributed by atoms with Crippen LogP contribution >= 0.6 is 0 Å². The molecule has 0 amide bonds. The van der Waals surface area contributed by atoms with Gasteiger partial charge in [-0.15, -0.1) is 0 Å². The molecule has 5 nitrogen and oxygen atoms in total. The second-order valence-corrected chi connectivity index (χ2v) is 7.86. The standard InChI is InChI=1S/C12H21NO4S/c14-11-8-18(15,16)7-10(11)13-5-6-17-12-4-2-1-3-9(12)13/h9-12,14H,1-8H2. The number of ether oxygens (including phenoxy) is 1. The Morgan fingerprint density at radius 1 is 1.11 bits per heavy atom. The molecule has 0 spiro atoms. The number of sulfone groups is 1. The van der Waals surface area contributed by atoms with E-state index in [1.165, 1.54) is 12.8 Å². The van der Waals surface area contributed by atoms with Crippen molar-refractivity contribution in [1.29, 1.82) is 0 Å². The van der Waals surface area contributed by atoms with Crippen LogP contribution in [0.2, 0.25) is 0 Å². The molecule has 18 heavy (non-hydrogen) atoms. The van der Waals surface area contributed by atoms with Crippen LogP contribution in [0, 0.1) is 0 Å². The van der Waals surface area contributed by atoms with E-state index in [4.69, 9.17) is 4.74 Å². The Labute approximate surface area is 108 Å². The van der Waals surface area contributed by atoms with Crippen molar-refractivity contribution in [2.24, 2.45) is 0 Å². The second-order valence-electron chi connectivity index (χ2n) is 5.71. The van der Waals surface area contributed by atoms with Gasteiger partial charge in [-0.25, -0.2) is 8.42 Å². The van der Waals surface area contributed by atoms with Gasteiger partial charge in [-0.3, -0.25) is 4.90 Å². The number of hydrogen-bond donors (Lipinski definition) is 1. The third-order valence-electron chi connectivity index (χ3n) is 4.49. The highest BCUT2D eigenvalue weighted by molar-refractivity contribution is 7.91. The van der Waals surface area contributed by atoms with Gasteiger partial charge in [-0.1, -0.05) is 12.8 Å². The van der Waals surface area contributed by atoms with E-state index in [0.717, 1.165) is 19.4 Å². The predicted octanol–water partition coefficient (Wildman–Crippen LogP) is -0.212. The first kappa shape index (κ1) is 12.8. The lowest BCUT2D eigenvalue weighted by atomic mass is 9.89. The molecule has 0 aromatic rings. The van der Waals surface area contributed by atoms with E-state index < -0.39 is 15.9 Å². The van der Waals surface area contributed by atoms with Crippen LogP contribution in [0.4, 0.5) is 0 Å². The van der Waals surface area contributed by atoms with Crippen LogP contribution in [0.3, 0.4) is 0 Å². The molecule has 2 saturated heterocycles. The molecule has 2 heterocycles. The quantitative estimate of drug-likeness (QED) is 0.717. The zero-order valence-corrected chi connectivity index (χ0v) is 11.3. The lowest BCUT2D eigenvalue weighted by Gasteiger charge is -2.46. The summed E-state index contributed by atoms with van der Waals surface area (Å²) >= 11 is 0. The smallest absolute Gasteiger partial charge is 0.154 e. The van der Waals surface area contributed by atoms with E-state index in [1.54, 1.807) is 0 Å². The number of fused-ring (bicyclic) bond motifs is 1. The normalized spacial score (nSPS) is 44.7. The van der Waals surface area contributed by atoms with Crippen LogP contribution in [0.1, 0.15) is 25.7 Å². The maximum absolute atomic E-state index is 11.6. The van der Waals surface area contributed by atoms with Gasteiger partial charge in [-0.2, -0.15) is 0 Å². The van der Waals surface area contributed by atoms with Crippen LogP contribution in [-0.4, -0.2) is 67.4 Å². The number of nitrogens with zero attached hydrogens (tertiary/aromatic N) is 1.